The summed E-state index contributed by atoms with van der Waals surface area (Å²) in [6, 6.07) is 0.0487. The molecular formula is C18H29NO6. The smallest absolute Gasteiger partial charge is 0.313 e. The van der Waals surface area contributed by atoms with Gasteiger partial charge in [-0.1, -0.05) is 6.92 Å². The Balaban J connectivity index is 1.69. The molecular weight excluding hydrogens is 326 g/mol. The number of rotatable bonds is 5. The molecule has 0 radical (unpaired) electrons. The number of nitrogens with one attached hydrogen (secondary N) is 1. The van der Waals surface area contributed by atoms with Gasteiger partial charge >= 0.3 is 11.9 Å². The minimum absolute atomic E-state index is 0.0428. The Labute approximate surface area is 148 Å². The zero-order chi connectivity index (χ0) is 18.1. The van der Waals surface area contributed by atoms with Crippen LogP contribution >= 0.6 is 0 Å². The highest BCUT2D eigenvalue weighted by molar-refractivity contribution is 5.76. The lowest BCUT2D eigenvalue weighted by atomic mass is 9.75. The molecule has 0 amide bonds. The average Bonchev–Trinajstić information content (AvgIpc) is 2.91. The highest BCUT2D eigenvalue weighted by atomic mass is 16.6. The number of esters is 1. The summed E-state index contributed by atoms with van der Waals surface area (Å²) in [6.45, 7) is 2.13. The molecule has 2 N–H and O–H groups in total. The summed E-state index contributed by atoms with van der Waals surface area (Å²) in [5.74, 6) is -1.22. The van der Waals surface area contributed by atoms with Crippen LogP contribution < -0.4 is 5.32 Å². The number of aliphatic carboxylic acids is 1. The predicted octanol–water partition coefficient (Wildman–Crippen LogP) is 1.40. The second-order valence-corrected chi connectivity index (χ2v) is 7.70. The van der Waals surface area contributed by atoms with E-state index in [2.05, 4.69) is 12.2 Å². The van der Waals surface area contributed by atoms with Gasteiger partial charge < -0.3 is 19.3 Å². The van der Waals surface area contributed by atoms with Crippen molar-refractivity contribution in [3.8, 4) is 0 Å². The van der Waals surface area contributed by atoms with Gasteiger partial charge in [-0.3, -0.25) is 14.9 Å². The normalized spacial score (nSPS) is 44.2. The molecule has 2 aliphatic carbocycles. The van der Waals surface area contributed by atoms with Crippen molar-refractivity contribution in [1.29, 1.82) is 0 Å². The minimum atomic E-state index is -0.736. The predicted molar refractivity (Wildman–Crippen MR) is 88.8 cm³/mol. The molecule has 0 aromatic heterocycles. The lowest BCUT2D eigenvalue weighted by Crippen LogP contribution is -2.51. The second kappa shape index (κ2) is 7.60. The Hall–Kier alpha value is -1.18. The fourth-order valence-corrected chi connectivity index (χ4v) is 4.81. The van der Waals surface area contributed by atoms with E-state index in [-0.39, 0.29) is 48.2 Å². The molecule has 142 valence electrons. The van der Waals surface area contributed by atoms with Crippen LogP contribution in [-0.2, 0) is 23.8 Å². The van der Waals surface area contributed by atoms with E-state index in [0.29, 0.717) is 18.8 Å². The first-order valence-electron chi connectivity index (χ1n) is 9.21. The molecule has 8 unspecified atom stereocenters. The van der Waals surface area contributed by atoms with Crippen molar-refractivity contribution in [3.63, 3.8) is 0 Å². The molecule has 2 saturated carbocycles. The molecule has 7 heteroatoms. The van der Waals surface area contributed by atoms with Gasteiger partial charge in [0.25, 0.3) is 0 Å². The third kappa shape index (κ3) is 3.55. The zero-order valence-electron chi connectivity index (χ0n) is 15.1. The number of cyclic esters (lactones) is 1. The SMILES string of the molecule is COC1CCC2C(NC3CC(C(=O)O)CCC3C)OC(=O)C2C1OC. The minimum Gasteiger partial charge on any atom is -0.481 e. The molecule has 1 saturated heterocycles. The van der Waals surface area contributed by atoms with Crippen molar-refractivity contribution in [2.24, 2.45) is 23.7 Å². The van der Waals surface area contributed by atoms with Crippen molar-refractivity contribution in [3.05, 3.63) is 0 Å². The largest absolute Gasteiger partial charge is 0.481 e. The van der Waals surface area contributed by atoms with Crippen molar-refractivity contribution in [1.82, 2.24) is 5.32 Å². The second-order valence-electron chi connectivity index (χ2n) is 7.70. The maximum Gasteiger partial charge on any atom is 0.313 e. The van der Waals surface area contributed by atoms with Gasteiger partial charge in [0.15, 0.2) is 6.23 Å². The molecule has 0 aromatic rings. The van der Waals surface area contributed by atoms with Crippen molar-refractivity contribution in [2.75, 3.05) is 14.2 Å². The number of carboxylic acid groups (broad SMARTS) is 1. The molecule has 3 rings (SSSR count). The number of hydrogen-bond acceptors (Lipinski definition) is 6. The summed E-state index contributed by atoms with van der Waals surface area (Å²) in [5.41, 5.74) is 0. The Morgan fingerprint density at radius 1 is 1.20 bits per heavy atom. The first-order chi connectivity index (χ1) is 12.0. The van der Waals surface area contributed by atoms with Gasteiger partial charge in [0, 0.05) is 26.2 Å². The van der Waals surface area contributed by atoms with Gasteiger partial charge in [-0.2, -0.15) is 0 Å². The number of ether oxygens (including phenoxy) is 3. The van der Waals surface area contributed by atoms with Crippen LogP contribution in [0.25, 0.3) is 0 Å². The fourth-order valence-electron chi connectivity index (χ4n) is 4.81. The zero-order valence-corrected chi connectivity index (χ0v) is 15.1. The lowest BCUT2D eigenvalue weighted by molar-refractivity contribution is -0.153. The summed E-state index contributed by atoms with van der Waals surface area (Å²) >= 11 is 0. The molecule has 1 heterocycles. The highest BCUT2D eigenvalue weighted by Gasteiger charge is 2.54. The standard InChI is InChI=1S/C18H29NO6/c1-9-4-5-10(17(20)21)8-12(9)19-16-11-6-7-13(23-2)15(24-3)14(11)18(22)25-16/h9-16,19H,4-8H2,1-3H3,(H,20,21). The van der Waals surface area contributed by atoms with Crippen LogP contribution in [0.15, 0.2) is 0 Å². The quantitative estimate of drug-likeness (QED) is 0.720. The maximum atomic E-state index is 12.5. The van der Waals surface area contributed by atoms with Crippen molar-refractivity contribution in [2.45, 2.75) is 63.5 Å². The average molecular weight is 355 g/mol. The monoisotopic (exact) mass is 355 g/mol. The molecule has 25 heavy (non-hydrogen) atoms. The Morgan fingerprint density at radius 3 is 2.60 bits per heavy atom. The lowest BCUT2D eigenvalue weighted by Gasteiger charge is -2.39. The van der Waals surface area contributed by atoms with Crippen LogP contribution in [0, 0.1) is 23.7 Å². The Morgan fingerprint density at radius 2 is 1.96 bits per heavy atom. The molecule has 1 aliphatic heterocycles. The van der Waals surface area contributed by atoms with Crippen LogP contribution in [-0.4, -0.2) is 55.7 Å². The summed E-state index contributed by atoms with van der Waals surface area (Å²) in [6.07, 6.45) is 3.06. The van der Waals surface area contributed by atoms with E-state index in [9.17, 15) is 14.7 Å². The van der Waals surface area contributed by atoms with Crippen molar-refractivity contribution >= 4 is 11.9 Å². The molecule has 0 aromatic carbocycles. The molecule has 3 aliphatic rings. The first-order valence-corrected chi connectivity index (χ1v) is 9.21. The number of carbonyl (C=O) groups is 2. The number of fused-ring (bicyclic) bond motifs is 1. The van der Waals surface area contributed by atoms with Crippen LogP contribution in [0.3, 0.4) is 0 Å². The van der Waals surface area contributed by atoms with Gasteiger partial charge in [-0.15, -0.1) is 0 Å². The van der Waals surface area contributed by atoms with E-state index >= 15 is 0 Å². The summed E-state index contributed by atoms with van der Waals surface area (Å²) < 4.78 is 16.7. The van der Waals surface area contributed by atoms with E-state index < -0.39 is 5.97 Å². The number of carbonyl (C=O) groups excluding carboxylic acids is 1. The van der Waals surface area contributed by atoms with Crippen LogP contribution in [0.2, 0.25) is 0 Å². The molecule has 0 spiro atoms. The highest BCUT2D eigenvalue weighted by Crippen LogP contribution is 2.42. The summed E-state index contributed by atoms with van der Waals surface area (Å²) in [7, 11) is 3.25. The topological polar surface area (TPSA) is 94.1 Å². The maximum absolute atomic E-state index is 12.5. The summed E-state index contributed by atoms with van der Waals surface area (Å²) in [4.78, 5) is 23.8. The fraction of sp³-hybridized carbons (Fsp3) is 0.889. The van der Waals surface area contributed by atoms with Crippen LogP contribution in [0.4, 0.5) is 0 Å². The van der Waals surface area contributed by atoms with Gasteiger partial charge in [0.05, 0.1) is 24.0 Å². The third-order valence-electron chi connectivity index (χ3n) is 6.37. The van der Waals surface area contributed by atoms with Gasteiger partial charge in [-0.25, -0.2) is 0 Å². The van der Waals surface area contributed by atoms with Crippen LogP contribution in [0.1, 0.15) is 39.0 Å². The van der Waals surface area contributed by atoms with E-state index in [1.54, 1.807) is 14.2 Å². The van der Waals surface area contributed by atoms with E-state index in [0.717, 1.165) is 19.3 Å². The van der Waals surface area contributed by atoms with Gasteiger partial charge in [0.1, 0.15) is 0 Å². The third-order valence-corrected chi connectivity index (χ3v) is 6.37. The van der Waals surface area contributed by atoms with Gasteiger partial charge in [-0.05, 0) is 38.0 Å². The molecule has 0 bridgehead atoms. The number of hydrogen-bond donors (Lipinski definition) is 2. The molecule has 7 nitrogen and oxygen atoms in total. The Bertz CT molecular complexity index is 512. The van der Waals surface area contributed by atoms with E-state index in [1.165, 1.54) is 0 Å². The number of carboxylic acids is 1. The van der Waals surface area contributed by atoms with Gasteiger partial charge in [0.2, 0.25) is 0 Å². The van der Waals surface area contributed by atoms with Crippen LogP contribution in [0.5, 0.6) is 0 Å². The first kappa shape index (κ1) is 18.6. The molecule has 8 atom stereocenters. The molecule has 3 fully saturated rings. The van der Waals surface area contributed by atoms with Crippen molar-refractivity contribution < 1.29 is 28.9 Å². The number of methoxy groups -OCH3 is 2. The Kier molecular flexibility index (Phi) is 5.65. The van der Waals surface area contributed by atoms with E-state index in [4.69, 9.17) is 14.2 Å². The summed E-state index contributed by atoms with van der Waals surface area (Å²) in [5, 5.41) is 12.8. The van der Waals surface area contributed by atoms with E-state index in [1.807, 2.05) is 0 Å².